The lowest BCUT2D eigenvalue weighted by Crippen LogP contribution is -2.51. The van der Waals surface area contributed by atoms with Crippen molar-refractivity contribution in [3.8, 4) is 0 Å². The Morgan fingerprint density at radius 2 is 2.54 bits per heavy atom. The van der Waals surface area contributed by atoms with Gasteiger partial charge < -0.3 is 14.6 Å². The smallest absolute Gasteiger partial charge is 0.325 e. The zero-order chi connectivity index (χ0) is 9.68. The van der Waals surface area contributed by atoms with E-state index < -0.39 is 0 Å². The van der Waals surface area contributed by atoms with Crippen LogP contribution in [0.1, 0.15) is 0 Å². The first kappa shape index (κ1) is 10.4. The topological polar surface area (TPSA) is 59.0 Å². The highest BCUT2D eigenvalue weighted by molar-refractivity contribution is 5.75. The third-order valence-corrected chi connectivity index (χ3v) is 2.10. The molecule has 1 aliphatic rings. The van der Waals surface area contributed by atoms with Gasteiger partial charge in [0, 0.05) is 13.1 Å². The van der Waals surface area contributed by atoms with Gasteiger partial charge in [0.15, 0.2) is 0 Å². The van der Waals surface area contributed by atoms with Crippen LogP contribution in [0.5, 0.6) is 0 Å². The van der Waals surface area contributed by atoms with Crippen LogP contribution in [-0.4, -0.2) is 62.0 Å². The van der Waals surface area contributed by atoms with Gasteiger partial charge in [0.05, 0.1) is 26.9 Å². The average molecular weight is 189 g/mol. The Bertz CT molecular complexity index is 172. The van der Waals surface area contributed by atoms with Crippen LogP contribution < -0.4 is 0 Å². The zero-order valence-electron chi connectivity index (χ0n) is 7.73. The average Bonchev–Trinajstić information content (AvgIpc) is 2.18. The van der Waals surface area contributed by atoms with Crippen LogP contribution >= 0.6 is 0 Å². The monoisotopic (exact) mass is 189 g/mol. The molecule has 5 heteroatoms. The van der Waals surface area contributed by atoms with Crippen LogP contribution in [0.4, 0.5) is 0 Å². The van der Waals surface area contributed by atoms with Gasteiger partial charge in [-0.15, -0.1) is 0 Å². The van der Waals surface area contributed by atoms with E-state index in [9.17, 15) is 4.79 Å². The van der Waals surface area contributed by atoms with E-state index in [1.807, 2.05) is 4.90 Å². The van der Waals surface area contributed by atoms with Gasteiger partial charge in [-0.05, 0) is 0 Å². The van der Waals surface area contributed by atoms with Crippen molar-refractivity contribution < 1.29 is 19.4 Å². The molecule has 0 saturated carbocycles. The number of carbonyl (C=O) groups is 1. The van der Waals surface area contributed by atoms with Gasteiger partial charge in [0.2, 0.25) is 0 Å². The second kappa shape index (κ2) is 5.16. The number of methoxy groups -OCH3 is 1. The van der Waals surface area contributed by atoms with Gasteiger partial charge in [0.1, 0.15) is 6.04 Å². The fraction of sp³-hybridized carbons (Fsp3) is 0.875. The van der Waals surface area contributed by atoms with Gasteiger partial charge in [-0.3, -0.25) is 9.69 Å². The molecular weight excluding hydrogens is 174 g/mol. The number of nitrogens with zero attached hydrogens (tertiary/aromatic N) is 1. The highest BCUT2D eigenvalue weighted by Crippen LogP contribution is 2.07. The van der Waals surface area contributed by atoms with Crippen molar-refractivity contribution in [3.63, 3.8) is 0 Å². The summed E-state index contributed by atoms with van der Waals surface area (Å²) in [5.74, 6) is -0.298. The molecule has 0 amide bonds. The number of esters is 1. The Kier molecular flexibility index (Phi) is 4.14. The number of β-amino-alcohol motifs (C(OH)–C–C–N with tert-alkyl or cyclic N) is 1. The van der Waals surface area contributed by atoms with Crippen LogP contribution in [0.2, 0.25) is 0 Å². The molecule has 13 heavy (non-hydrogen) atoms. The number of ether oxygens (including phenoxy) is 2. The van der Waals surface area contributed by atoms with Crippen LogP contribution in [0.3, 0.4) is 0 Å². The lowest BCUT2D eigenvalue weighted by molar-refractivity contribution is -0.153. The minimum absolute atomic E-state index is 0.0491. The third kappa shape index (κ3) is 2.65. The molecular formula is C8H15NO4. The van der Waals surface area contributed by atoms with Crippen molar-refractivity contribution in [1.82, 2.24) is 4.90 Å². The molecule has 1 rings (SSSR count). The molecule has 1 fully saturated rings. The van der Waals surface area contributed by atoms with Crippen LogP contribution in [-0.2, 0) is 14.3 Å². The van der Waals surface area contributed by atoms with Crippen LogP contribution in [0.25, 0.3) is 0 Å². The van der Waals surface area contributed by atoms with Gasteiger partial charge in [-0.25, -0.2) is 0 Å². The number of morpholine rings is 1. The number of hydrogen-bond donors (Lipinski definition) is 1. The van der Waals surface area contributed by atoms with Gasteiger partial charge in [0.25, 0.3) is 0 Å². The first-order valence-corrected chi connectivity index (χ1v) is 4.30. The van der Waals surface area contributed by atoms with E-state index >= 15 is 0 Å². The maximum Gasteiger partial charge on any atom is 0.325 e. The van der Waals surface area contributed by atoms with E-state index in [0.29, 0.717) is 26.3 Å². The molecule has 1 atom stereocenters. The van der Waals surface area contributed by atoms with Gasteiger partial charge in [-0.2, -0.15) is 0 Å². The number of aliphatic hydroxyl groups is 1. The summed E-state index contributed by atoms with van der Waals surface area (Å²) in [6.45, 7) is 2.16. The fourth-order valence-corrected chi connectivity index (χ4v) is 1.39. The minimum atomic E-state index is -0.356. The molecule has 0 spiro atoms. The van der Waals surface area contributed by atoms with E-state index in [2.05, 4.69) is 4.74 Å². The quantitative estimate of drug-likeness (QED) is 0.568. The summed E-state index contributed by atoms with van der Waals surface area (Å²) in [4.78, 5) is 13.1. The highest BCUT2D eigenvalue weighted by atomic mass is 16.5. The van der Waals surface area contributed by atoms with Crippen LogP contribution in [0, 0.1) is 0 Å². The maximum absolute atomic E-state index is 11.2. The lowest BCUT2D eigenvalue weighted by atomic mass is 10.2. The number of rotatable bonds is 3. The number of hydrogen-bond acceptors (Lipinski definition) is 5. The number of carbonyl (C=O) groups excluding carboxylic acids is 1. The first-order valence-electron chi connectivity index (χ1n) is 4.30. The Hall–Kier alpha value is -0.650. The van der Waals surface area contributed by atoms with Crippen LogP contribution in [0.15, 0.2) is 0 Å². The molecule has 0 bridgehead atoms. The van der Waals surface area contributed by atoms with Crippen molar-refractivity contribution in [2.75, 3.05) is 40.0 Å². The SMILES string of the molecule is COC(=O)C1COCCN1CCO. The summed E-state index contributed by atoms with van der Waals surface area (Å²) in [5.41, 5.74) is 0. The minimum Gasteiger partial charge on any atom is -0.468 e. The molecule has 0 aromatic carbocycles. The van der Waals surface area contributed by atoms with E-state index in [4.69, 9.17) is 9.84 Å². The van der Waals surface area contributed by atoms with Crippen molar-refractivity contribution in [2.24, 2.45) is 0 Å². The van der Waals surface area contributed by atoms with Crippen molar-refractivity contribution in [2.45, 2.75) is 6.04 Å². The zero-order valence-corrected chi connectivity index (χ0v) is 7.73. The van der Waals surface area contributed by atoms with Crippen molar-refractivity contribution in [3.05, 3.63) is 0 Å². The molecule has 1 unspecified atom stereocenters. The third-order valence-electron chi connectivity index (χ3n) is 2.10. The highest BCUT2D eigenvalue weighted by Gasteiger charge is 2.29. The summed E-state index contributed by atoms with van der Waals surface area (Å²) in [6.07, 6.45) is 0. The Morgan fingerprint density at radius 3 is 3.15 bits per heavy atom. The molecule has 1 saturated heterocycles. The molecule has 0 aromatic heterocycles. The van der Waals surface area contributed by atoms with E-state index in [1.54, 1.807) is 0 Å². The summed E-state index contributed by atoms with van der Waals surface area (Å²) < 4.78 is 9.78. The molecule has 0 aromatic rings. The second-order valence-corrected chi connectivity index (χ2v) is 2.87. The summed E-state index contributed by atoms with van der Waals surface area (Å²) >= 11 is 0. The summed E-state index contributed by atoms with van der Waals surface area (Å²) in [6, 6.07) is -0.356. The normalized spacial score (nSPS) is 24.3. The van der Waals surface area contributed by atoms with Crippen molar-refractivity contribution in [1.29, 1.82) is 0 Å². The predicted molar refractivity (Wildman–Crippen MR) is 45.3 cm³/mol. The molecule has 76 valence electrons. The van der Waals surface area contributed by atoms with Crippen molar-refractivity contribution >= 4 is 5.97 Å². The second-order valence-electron chi connectivity index (χ2n) is 2.87. The Labute approximate surface area is 77.2 Å². The molecule has 5 nitrogen and oxygen atoms in total. The van der Waals surface area contributed by atoms with E-state index in [-0.39, 0.29) is 18.6 Å². The molecule has 1 heterocycles. The summed E-state index contributed by atoms with van der Waals surface area (Å²) in [5, 5.41) is 8.76. The fourth-order valence-electron chi connectivity index (χ4n) is 1.39. The van der Waals surface area contributed by atoms with E-state index in [1.165, 1.54) is 7.11 Å². The lowest BCUT2D eigenvalue weighted by Gasteiger charge is -2.32. The Balaban J connectivity index is 2.50. The molecule has 0 aliphatic carbocycles. The molecule has 0 radical (unpaired) electrons. The summed E-state index contributed by atoms with van der Waals surface area (Å²) in [7, 11) is 1.36. The van der Waals surface area contributed by atoms with Gasteiger partial charge in [-0.1, -0.05) is 0 Å². The Morgan fingerprint density at radius 1 is 1.77 bits per heavy atom. The van der Waals surface area contributed by atoms with E-state index in [0.717, 1.165) is 0 Å². The maximum atomic E-state index is 11.2. The largest absolute Gasteiger partial charge is 0.468 e. The molecule has 1 aliphatic heterocycles. The standard InChI is InChI=1S/C8H15NO4/c1-12-8(11)7-6-13-5-3-9(7)2-4-10/h7,10H,2-6H2,1H3. The number of aliphatic hydroxyl groups excluding tert-OH is 1. The first-order chi connectivity index (χ1) is 6.29. The predicted octanol–water partition coefficient (Wildman–Crippen LogP) is -1.15. The van der Waals surface area contributed by atoms with Gasteiger partial charge >= 0.3 is 5.97 Å². The molecule has 1 N–H and O–H groups in total.